The number of imidazole rings is 1. The summed E-state index contributed by atoms with van der Waals surface area (Å²) in [7, 11) is 0. The number of anilines is 1. The van der Waals surface area contributed by atoms with Crippen molar-refractivity contribution < 1.29 is 27.5 Å². The fourth-order valence-corrected chi connectivity index (χ4v) is 4.28. The van der Waals surface area contributed by atoms with Crippen LogP contribution in [0.4, 0.5) is 18.9 Å². The lowest BCUT2D eigenvalue weighted by atomic mass is 10.2. The third kappa shape index (κ3) is 7.54. The Balaban J connectivity index is 1.50. The lowest BCUT2D eigenvalue weighted by Gasteiger charge is -2.19. The molecule has 0 bridgehead atoms. The van der Waals surface area contributed by atoms with E-state index in [1.807, 2.05) is 0 Å². The van der Waals surface area contributed by atoms with E-state index in [0.717, 1.165) is 29.5 Å². The molecule has 4 rings (SSSR count). The third-order valence-corrected chi connectivity index (χ3v) is 5.95. The molecule has 0 aliphatic carbocycles. The summed E-state index contributed by atoms with van der Waals surface area (Å²) < 4.78 is 42.6. The van der Waals surface area contributed by atoms with Crippen LogP contribution in [-0.4, -0.2) is 37.7 Å². The van der Waals surface area contributed by atoms with Gasteiger partial charge in [-0.15, -0.1) is 13.2 Å². The van der Waals surface area contributed by atoms with E-state index >= 15 is 0 Å². The molecule has 0 spiro atoms. The quantitative estimate of drug-likeness (QED) is 0.244. The van der Waals surface area contributed by atoms with E-state index in [1.165, 1.54) is 24.7 Å². The number of hydrogen-bond donors (Lipinski definition) is 2. The van der Waals surface area contributed by atoms with E-state index in [0.29, 0.717) is 5.03 Å². The highest BCUT2D eigenvalue weighted by Crippen LogP contribution is 2.34. The number of nitrogens with zero attached hydrogens (tertiary/aromatic N) is 4. The van der Waals surface area contributed by atoms with Crippen LogP contribution in [0, 0.1) is 0 Å². The molecule has 1 atom stereocenters. The van der Waals surface area contributed by atoms with Gasteiger partial charge in [0, 0.05) is 36.7 Å². The Morgan fingerprint density at radius 2 is 1.76 bits per heavy atom. The zero-order chi connectivity index (χ0) is 26.3. The third-order valence-electron chi connectivity index (χ3n) is 4.78. The first-order chi connectivity index (χ1) is 17.8. The molecule has 0 saturated heterocycles. The molecular weight excluding hydrogens is 509 g/mol. The van der Waals surface area contributed by atoms with Gasteiger partial charge in [0.2, 0.25) is 5.91 Å². The van der Waals surface area contributed by atoms with Gasteiger partial charge < -0.3 is 19.9 Å². The van der Waals surface area contributed by atoms with E-state index in [4.69, 9.17) is 0 Å². The highest BCUT2D eigenvalue weighted by Gasteiger charge is 2.31. The van der Waals surface area contributed by atoms with E-state index in [1.54, 1.807) is 53.6 Å². The number of thioether (sulfide) groups is 1. The fourth-order valence-electron chi connectivity index (χ4n) is 3.16. The molecule has 0 saturated carbocycles. The van der Waals surface area contributed by atoms with Gasteiger partial charge in [-0.05, 0) is 54.1 Å². The zero-order valence-electron chi connectivity index (χ0n) is 18.9. The van der Waals surface area contributed by atoms with Crippen molar-refractivity contribution in [1.82, 2.24) is 24.8 Å². The topological polar surface area (TPSA) is 111 Å². The second-order valence-corrected chi connectivity index (χ2v) is 8.56. The van der Waals surface area contributed by atoms with E-state index < -0.39 is 23.4 Å². The van der Waals surface area contributed by atoms with E-state index in [2.05, 4.69) is 30.3 Å². The van der Waals surface area contributed by atoms with Crippen molar-refractivity contribution in [2.75, 3.05) is 5.32 Å². The summed E-state index contributed by atoms with van der Waals surface area (Å²) in [5.74, 6) is -1.22. The Labute approximate surface area is 213 Å². The molecule has 0 radical (unpaired) electrons. The van der Waals surface area contributed by atoms with Crippen LogP contribution in [-0.2, 0) is 11.3 Å². The lowest BCUT2D eigenvalue weighted by molar-refractivity contribution is -0.274. The van der Waals surface area contributed by atoms with Crippen molar-refractivity contribution >= 4 is 29.3 Å². The van der Waals surface area contributed by atoms with Crippen molar-refractivity contribution in [3.8, 4) is 5.75 Å². The summed E-state index contributed by atoms with van der Waals surface area (Å²) in [6.07, 6.45) is 4.63. The number of alkyl halides is 3. The van der Waals surface area contributed by atoms with Crippen LogP contribution in [0.25, 0.3) is 0 Å². The second kappa shape index (κ2) is 11.6. The number of rotatable bonds is 9. The molecule has 1 unspecified atom stereocenters. The van der Waals surface area contributed by atoms with Crippen LogP contribution in [0.1, 0.15) is 21.3 Å². The summed E-state index contributed by atoms with van der Waals surface area (Å²) in [6.45, 7) is 0.0474. The average Bonchev–Trinajstić information content (AvgIpc) is 3.38. The van der Waals surface area contributed by atoms with Gasteiger partial charge >= 0.3 is 6.36 Å². The maximum absolute atomic E-state index is 13.0. The number of nitrogens with one attached hydrogen (secondary N) is 2. The predicted molar refractivity (Wildman–Crippen MR) is 129 cm³/mol. The summed E-state index contributed by atoms with van der Waals surface area (Å²) in [6, 6.07) is 11.4. The first kappa shape index (κ1) is 25.7. The largest absolute Gasteiger partial charge is 0.573 e. The van der Waals surface area contributed by atoms with Crippen LogP contribution in [0.3, 0.4) is 0 Å². The number of ether oxygens (including phenoxy) is 1. The molecule has 190 valence electrons. The smallest absolute Gasteiger partial charge is 0.406 e. The number of carbonyl (C=O) groups is 2. The van der Waals surface area contributed by atoms with Gasteiger partial charge in [0.25, 0.3) is 5.91 Å². The monoisotopic (exact) mass is 528 g/mol. The molecule has 3 heterocycles. The number of hydrogen-bond acceptors (Lipinski definition) is 7. The highest BCUT2D eigenvalue weighted by molar-refractivity contribution is 7.99. The van der Waals surface area contributed by atoms with Gasteiger partial charge in [0.05, 0.1) is 11.9 Å². The fraction of sp³-hybridized carbons (Fsp3) is 0.125. The summed E-state index contributed by atoms with van der Waals surface area (Å²) in [5, 5.41) is 5.30. The lowest BCUT2D eigenvalue weighted by Crippen LogP contribution is -2.30. The summed E-state index contributed by atoms with van der Waals surface area (Å²) in [4.78, 5) is 38.0. The number of pyridine rings is 2. The van der Waals surface area contributed by atoms with Crippen LogP contribution in [0.5, 0.6) is 5.75 Å². The second-order valence-electron chi connectivity index (χ2n) is 7.46. The molecular formula is C24H19F3N6O3S. The van der Waals surface area contributed by atoms with Crippen molar-refractivity contribution in [3.05, 3.63) is 97.0 Å². The SMILES string of the molecule is O=C(Cn1ccnc1)NC(Sc1ncccc1C(=O)Nc1ccc(OC(F)(F)F)cc1)c1ccncc1. The van der Waals surface area contributed by atoms with E-state index in [-0.39, 0.29) is 23.7 Å². The molecule has 0 fully saturated rings. The van der Waals surface area contributed by atoms with Crippen molar-refractivity contribution in [3.63, 3.8) is 0 Å². The van der Waals surface area contributed by atoms with Crippen LogP contribution < -0.4 is 15.4 Å². The van der Waals surface area contributed by atoms with Gasteiger partial charge in [-0.1, -0.05) is 11.8 Å². The minimum Gasteiger partial charge on any atom is -0.406 e. The van der Waals surface area contributed by atoms with Gasteiger partial charge in [-0.3, -0.25) is 14.6 Å². The van der Waals surface area contributed by atoms with Crippen LogP contribution in [0.2, 0.25) is 0 Å². The molecule has 0 aliphatic heterocycles. The number of halogens is 3. The Morgan fingerprint density at radius 1 is 1.00 bits per heavy atom. The van der Waals surface area contributed by atoms with E-state index in [9.17, 15) is 22.8 Å². The van der Waals surface area contributed by atoms with Crippen molar-refractivity contribution in [1.29, 1.82) is 0 Å². The predicted octanol–water partition coefficient (Wildman–Crippen LogP) is 4.43. The maximum atomic E-state index is 13.0. The molecule has 1 aromatic carbocycles. The van der Waals surface area contributed by atoms with Crippen molar-refractivity contribution in [2.24, 2.45) is 0 Å². The number of carbonyl (C=O) groups excluding carboxylic acids is 2. The normalized spacial score (nSPS) is 12.0. The average molecular weight is 529 g/mol. The number of benzene rings is 1. The molecule has 2 N–H and O–H groups in total. The van der Waals surface area contributed by atoms with Gasteiger partial charge in [-0.25, -0.2) is 9.97 Å². The number of aromatic nitrogens is 4. The summed E-state index contributed by atoms with van der Waals surface area (Å²) >= 11 is 1.16. The van der Waals surface area contributed by atoms with Gasteiger partial charge in [0.15, 0.2) is 0 Å². The highest BCUT2D eigenvalue weighted by atomic mass is 32.2. The van der Waals surface area contributed by atoms with Gasteiger partial charge in [0.1, 0.15) is 22.7 Å². The Kier molecular flexibility index (Phi) is 8.03. The molecule has 37 heavy (non-hydrogen) atoms. The van der Waals surface area contributed by atoms with Crippen LogP contribution >= 0.6 is 11.8 Å². The van der Waals surface area contributed by atoms with Crippen LogP contribution in [0.15, 0.2) is 90.9 Å². The maximum Gasteiger partial charge on any atom is 0.573 e. The Bertz CT molecular complexity index is 1340. The molecule has 3 aromatic heterocycles. The molecule has 0 aliphatic rings. The number of amides is 2. The van der Waals surface area contributed by atoms with Crippen molar-refractivity contribution in [2.45, 2.75) is 23.3 Å². The first-order valence-electron chi connectivity index (χ1n) is 10.7. The minimum atomic E-state index is -4.81. The summed E-state index contributed by atoms with van der Waals surface area (Å²) in [5.41, 5.74) is 1.21. The molecule has 13 heteroatoms. The zero-order valence-corrected chi connectivity index (χ0v) is 19.7. The van der Waals surface area contributed by atoms with Gasteiger partial charge in [-0.2, -0.15) is 0 Å². The minimum absolute atomic E-state index is 0.0474. The first-order valence-corrected chi connectivity index (χ1v) is 11.6. The Hall–Kier alpha value is -4.39. The molecule has 4 aromatic rings. The molecule has 9 nitrogen and oxygen atoms in total. The Morgan fingerprint density at radius 3 is 2.43 bits per heavy atom. The standard InChI is InChI=1S/C24H19F3N6O3S/c25-24(26,27)36-18-5-3-17(4-6-18)31-21(35)19-2-1-9-30-23(19)37-22(16-7-10-28-11-8-16)32-20(34)14-33-13-12-29-15-33/h1-13,15,22H,14H2,(H,31,35)(H,32,34). The molecule has 2 amide bonds.